The van der Waals surface area contributed by atoms with Gasteiger partial charge in [0.15, 0.2) is 0 Å². The van der Waals surface area contributed by atoms with Crippen LogP contribution >= 0.6 is 0 Å². The van der Waals surface area contributed by atoms with Crippen LogP contribution in [0, 0.1) is 6.92 Å². The molecule has 0 aliphatic carbocycles. The number of aromatic amines is 1. The number of carbonyl (C=O) groups excluding carboxylic acids is 1. The zero-order valence-corrected chi connectivity index (χ0v) is 8.19. The van der Waals surface area contributed by atoms with E-state index in [1.165, 1.54) is 6.33 Å². The van der Waals surface area contributed by atoms with Crippen molar-refractivity contribution in [2.24, 2.45) is 0 Å². The first-order valence-electron chi connectivity index (χ1n) is 4.50. The van der Waals surface area contributed by atoms with Crippen molar-refractivity contribution < 1.29 is 4.79 Å². The maximum Gasteiger partial charge on any atom is 0.258 e. The van der Waals surface area contributed by atoms with Gasteiger partial charge in [0.2, 0.25) is 5.95 Å². The van der Waals surface area contributed by atoms with Crippen LogP contribution in [0.2, 0.25) is 0 Å². The number of rotatable bonds is 2. The van der Waals surface area contributed by atoms with E-state index in [9.17, 15) is 4.79 Å². The quantitative estimate of drug-likeness (QED) is 0.772. The monoisotopic (exact) mass is 202 g/mol. The fourth-order valence-corrected chi connectivity index (χ4v) is 1.27. The molecule has 0 radical (unpaired) electrons. The van der Waals surface area contributed by atoms with Crippen molar-refractivity contribution in [1.29, 1.82) is 0 Å². The van der Waals surface area contributed by atoms with E-state index in [-0.39, 0.29) is 5.91 Å². The number of hydrogen-bond donors (Lipinski definition) is 2. The highest BCUT2D eigenvalue weighted by atomic mass is 16.1. The minimum Gasteiger partial charge on any atom is -0.291 e. The Hall–Kier alpha value is -2.17. The molecule has 0 aliphatic rings. The van der Waals surface area contributed by atoms with Crippen molar-refractivity contribution in [3.63, 3.8) is 0 Å². The molecule has 0 spiro atoms. The van der Waals surface area contributed by atoms with E-state index in [4.69, 9.17) is 0 Å². The summed E-state index contributed by atoms with van der Waals surface area (Å²) in [6.07, 6.45) is 1.34. The van der Waals surface area contributed by atoms with Crippen LogP contribution in [0.15, 0.2) is 30.6 Å². The lowest BCUT2D eigenvalue weighted by Gasteiger charge is -2.03. The molecule has 0 unspecified atom stereocenters. The van der Waals surface area contributed by atoms with Gasteiger partial charge in [0.25, 0.3) is 5.91 Å². The second kappa shape index (κ2) is 3.91. The van der Waals surface area contributed by atoms with Crippen LogP contribution in [-0.2, 0) is 0 Å². The van der Waals surface area contributed by atoms with Crippen LogP contribution in [0.5, 0.6) is 0 Å². The first-order valence-corrected chi connectivity index (χ1v) is 4.50. The average Bonchev–Trinajstić information content (AvgIpc) is 2.71. The van der Waals surface area contributed by atoms with Gasteiger partial charge in [0.05, 0.1) is 0 Å². The summed E-state index contributed by atoms with van der Waals surface area (Å²) >= 11 is 0. The number of aromatic nitrogens is 3. The summed E-state index contributed by atoms with van der Waals surface area (Å²) in [5, 5.41) is 8.82. The van der Waals surface area contributed by atoms with Gasteiger partial charge in [0, 0.05) is 5.56 Å². The van der Waals surface area contributed by atoms with Crippen LogP contribution in [0.1, 0.15) is 15.9 Å². The molecule has 2 N–H and O–H groups in total. The third kappa shape index (κ3) is 2.01. The Morgan fingerprint density at radius 3 is 2.87 bits per heavy atom. The second-order valence-electron chi connectivity index (χ2n) is 3.10. The van der Waals surface area contributed by atoms with E-state index in [1.807, 2.05) is 25.1 Å². The molecular formula is C10H10N4O. The molecule has 5 nitrogen and oxygen atoms in total. The molecular weight excluding hydrogens is 192 g/mol. The van der Waals surface area contributed by atoms with Crippen LogP contribution in [0.3, 0.4) is 0 Å². The highest BCUT2D eigenvalue weighted by Gasteiger charge is 2.09. The molecule has 0 atom stereocenters. The van der Waals surface area contributed by atoms with Crippen molar-refractivity contribution in [1.82, 2.24) is 15.2 Å². The van der Waals surface area contributed by atoms with Crippen molar-refractivity contribution >= 4 is 11.9 Å². The zero-order chi connectivity index (χ0) is 10.7. The number of H-pyrrole nitrogens is 1. The number of anilines is 1. The fraction of sp³-hybridized carbons (Fsp3) is 0.100. The van der Waals surface area contributed by atoms with Gasteiger partial charge in [-0.2, -0.15) is 10.1 Å². The van der Waals surface area contributed by atoms with Gasteiger partial charge in [-0.05, 0) is 18.6 Å². The Bertz CT molecular complexity index is 464. The summed E-state index contributed by atoms with van der Waals surface area (Å²) in [7, 11) is 0. The molecule has 76 valence electrons. The number of amides is 1. The van der Waals surface area contributed by atoms with Crippen molar-refractivity contribution in [2.75, 3.05) is 5.32 Å². The molecule has 2 rings (SSSR count). The average molecular weight is 202 g/mol. The first-order chi connectivity index (χ1) is 7.27. The summed E-state index contributed by atoms with van der Waals surface area (Å²) in [6, 6.07) is 7.36. The lowest BCUT2D eigenvalue weighted by atomic mass is 10.1. The molecule has 0 saturated heterocycles. The summed E-state index contributed by atoms with van der Waals surface area (Å²) in [6.45, 7) is 1.88. The largest absolute Gasteiger partial charge is 0.291 e. The first kappa shape index (κ1) is 9.39. The second-order valence-corrected chi connectivity index (χ2v) is 3.10. The lowest BCUT2D eigenvalue weighted by molar-refractivity contribution is 0.102. The van der Waals surface area contributed by atoms with Crippen LogP contribution in [0.4, 0.5) is 5.95 Å². The molecule has 1 amide bonds. The minimum atomic E-state index is -0.190. The Morgan fingerprint density at radius 1 is 1.40 bits per heavy atom. The van der Waals surface area contributed by atoms with Gasteiger partial charge in [-0.3, -0.25) is 10.1 Å². The molecule has 0 saturated carbocycles. The fourth-order valence-electron chi connectivity index (χ4n) is 1.27. The number of nitrogens with one attached hydrogen (secondary N) is 2. The molecule has 5 heteroatoms. The summed E-state index contributed by atoms with van der Waals surface area (Å²) in [5.74, 6) is 0.160. The van der Waals surface area contributed by atoms with Crippen LogP contribution in [0.25, 0.3) is 0 Å². The highest BCUT2D eigenvalue weighted by molar-refractivity contribution is 6.04. The third-order valence-electron chi connectivity index (χ3n) is 2.04. The number of hydrogen-bond acceptors (Lipinski definition) is 3. The SMILES string of the molecule is Cc1ccccc1C(=O)Nc1ncn[nH]1. The van der Waals surface area contributed by atoms with Gasteiger partial charge in [-0.1, -0.05) is 18.2 Å². The van der Waals surface area contributed by atoms with Gasteiger partial charge in [-0.15, -0.1) is 0 Å². The maximum absolute atomic E-state index is 11.7. The number of carbonyl (C=O) groups is 1. The summed E-state index contributed by atoms with van der Waals surface area (Å²) in [5.41, 5.74) is 1.56. The molecule has 2 aromatic rings. The summed E-state index contributed by atoms with van der Waals surface area (Å²) in [4.78, 5) is 15.5. The van der Waals surface area contributed by atoms with Gasteiger partial charge < -0.3 is 0 Å². The lowest BCUT2D eigenvalue weighted by Crippen LogP contribution is -2.14. The molecule has 1 heterocycles. The van der Waals surface area contributed by atoms with Gasteiger partial charge in [-0.25, -0.2) is 5.10 Å². The van der Waals surface area contributed by atoms with Gasteiger partial charge >= 0.3 is 0 Å². The van der Waals surface area contributed by atoms with E-state index >= 15 is 0 Å². The minimum absolute atomic E-state index is 0.190. The normalized spacial score (nSPS) is 9.93. The topological polar surface area (TPSA) is 70.7 Å². The molecule has 0 aliphatic heterocycles. The Morgan fingerprint density at radius 2 is 2.20 bits per heavy atom. The third-order valence-corrected chi connectivity index (χ3v) is 2.04. The van der Waals surface area contributed by atoms with Crippen LogP contribution < -0.4 is 5.32 Å². The van der Waals surface area contributed by atoms with E-state index in [2.05, 4.69) is 20.5 Å². The highest BCUT2D eigenvalue weighted by Crippen LogP contribution is 2.08. The molecule has 0 fully saturated rings. The molecule has 1 aromatic heterocycles. The smallest absolute Gasteiger partial charge is 0.258 e. The zero-order valence-electron chi connectivity index (χ0n) is 8.19. The van der Waals surface area contributed by atoms with E-state index in [0.29, 0.717) is 11.5 Å². The predicted octanol–water partition coefficient (Wildman–Crippen LogP) is 1.37. The Kier molecular flexibility index (Phi) is 2.45. The number of nitrogens with zero attached hydrogens (tertiary/aromatic N) is 2. The maximum atomic E-state index is 11.7. The standard InChI is InChI=1S/C10H10N4O/c1-7-4-2-3-5-8(7)9(15)13-10-11-6-12-14-10/h2-6H,1H3,(H2,11,12,13,14,15). The van der Waals surface area contributed by atoms with Crippen molar-refractivity contribution in [3.8, 4) is 0 Å². The van der Waals surface area contributed by atoms with Gasteiger partial charge in [0.1, 0.15) is 6.33 Å². The van der Waals surface area contributed by atoms with Crippen LogP contribution in [-0.4, -0.2) is 21.1 Å². The van der Waals surface area contributed by atoms with Crippen molar-refractivity contribution in [3.05, 3.63) is 41.7 Å². The van der Waals surface area contributed by atoms with E-state index in [1.54, 1.807) is 6.07 Å². The summed E-state index contributed by atoms with van der Waals surface area (Å²) < 4.78 is 0. The molecule has 1 aromatic carbocycles. The molecule has 0 bridgehead atoms. The number of benzene rings is 1. The Balaban J connectivity index is 2.19. The Labute approximate surface area is 86.5 Å². The van der Waals surface area contributed by atoms with E-state index in [0.717, 1.165) is 5.56 Å². The predicted molar refractivity (Wildman–Crippen MR) is 55.5 cm³/mol. The van der Waals surface area contributed by atoms with E-state index < -0.39 is 0 Å². The van der Waals surface area contributed by atoms with Crippen molar-refractivity contribution in [2.45, 2.75) is 6.92 Å². The number of aryl methyl sites for hydroxylation is 1. The molecule has 15 heavy (non-hydrogen) atoms.